The van der Waals surface area contributed by atoms with E-state index in [4.69, 9.17) is 4.74 Å². The van der Waals surface area contributed by atoms with Gasteiger partial charge in [0, 0.05) is 33.5 Å². The van der Waals surface area contributed by atoms with Crippen molar-refractivity contribution in [2.45, 2.75) is 26.8 Å². The van der Waals surface area contributed by atoms with Crippen LogP contribution in [0.1, 0.15) is 25.8 Å². The van der Waals surface area contributed by atoms with Crippen molar-refractivity contribution in [1.82, 2.24) is 4.90 Å². The molecule has 26 heavy (non-hydrogen) atoms. The van der Waals surface area contributed by atoms with Gasteiger partial charge in [-0.05, 0) is 24.6 Å². The van der Waals surface area contributed by atoms with Gasteiger partial charge in [-0.3, -0.25) is 9.59 Å². The molecule has 2 aromatic rings. The van der Waals surface area contributed by atoms with Crippen molar-refractivity contribution in [3.8, 4) is 5.75 Å². The van der Waals surface area contributed by atoms with Crippen molar-refractivity contribution >= 4 is 17.5 Å². The minimum atomic E-state index is -0.115. The molecule has 0 heterocycles. The SMILES string of the molecule is CCOc1ccccc1N(CCC(=O)N(C)Cc1ccccc1)C(C)=O. The summed E-state index contributed by atoms with van der Waals surface area (Å²) in [5, 5.41) is 0. The number of carbonyl (C=O) groups excluding carboxylic acids is 2. The topological polar surface area (TPSA) is 49.9 Å². The number of anilines is 1. The predicted octanol–water partition coefficient (Wildman–Crippen LogP) is 3.49. The largest absolute Gasteiger partial charge is 0.492 e. The fourth-order valence-electron chi connectivity index (χ4n) is 2.75. The van der Waals surface area contributed by atoms with Crippen LogP contribution in [0.3, 0.4) is 0 Å². The van der Waals surface area contributed by atoms with Crippen LogP contribution >= 0.6 is 0 Å². The molecule has 0 aromatic heterocycles. The van der Waals surface area contributed by atoms with E-state index in [1.165, 1.54) is 6.92 Å². The summed E-state index contributed by atoms with van der Waals surface area (Å²) in [5.41, 5.74) is 1.77. The molecule has 0 aliphatic rings. The van der Waals surface area contributed by atoms with Gasteiger partial charge in [-0.25, -0.2) is 0 Å². The van der Waals surface area contributed by atoms with Gasteiger partial charge in [-0.2, -0.15) is 0 Å². The highest BCUT2D eigenvalue weighted by Gasteiger charge is 2.18. The van der Waals surface area contributed by atoms with E-state index < -0.39 is 0 Å². The van der Waals surface area contributed by atoms with Crippen molar-refractivity contribution in [2.24, 2.45) is 0 Å². The van der Waals surface area contributed by atoms with Crippen LogP contribution in [0, 0.1) is 0 Å². The molecule has 0 saturated carbocycles. The van der Waals surface area contributed by atoms with Crippen molar-refractivity contribution in [3.05, 3.63) is 60.2 Å². The average molecular weight is 354 g/mol. The number of amides is 2. The van der Waals surface area contributed by atoms with Gasteiger partial charge < -0.3 is 14.5 Å². The van der Waals surface area contributed by atoms with E-state index in [9.17, 15) is 9.59 Å². The zero-order valence-electron chi connectivity index (χ0n) is 15.6. The Morgan fingerprint density at radius 3 is 2.31 bits per heavy atom. The Hall–Kier alpha value is -2.82. The van der Waals surface area contributed by atoms with E-state index in [-0.39, 0.29) is 18.2 Å². The number of para-hydroxylation sites is 2. The molecule has 2 rings (SSSR count). The van der Waals surface area contributed by atoms with Crippen LogP contribution in [0.25, 0.3) is 0 Å². The lowest BCUT2D eigenvalue weighted by atomic mass is 10.2. The van der Waals surface area contributed by atoms with Gasteiger partial charge in [0.25, 0.3) is 0 Å². The van der Waals surface area contributed by atoms with Gasteiger partial charge >= 0.3 is 0 Å². The minimum Gasteiger partial charge on any atom is -0.492 e. The number of ether oxygens (including phenoxy) is 1. The summed E-state index contributed by atoms with van der Waals surface area (Å²) < 4.78 is 5.61. The molecule has 0 radical (unpaired) electrons. The molecule has 2 amide bonds. The summed E-state index contributed by atoms with van der Waals surface area (Å²) in [4.78, 5) is 27.9. The van der Waals surface area contributed by atoms with Crippen LogP contribution in [-0.2, 0) is 16.1 Å². The number of rotatable bonds is 8. The number of hydrogen-bond donors (Lipinski definition) is 0. The van der Waals surface area contributed by atoms with E-state index in [2.05, 4.69) is 0 Å². The molecule has 0 N–H and O–H groups in total. The second kappa shape index (κ2) is 9.61. The third kappa shape index (κ3) is 5.34. The molecule has 5 heteroatoms. The third-order valence-corrected chi connectivity index (χ3v) is 4.07. The monoisotopic (exact) mass is 354 g/mol. The van der Waals surface area contributed by atoms with Gasteiger partial charge in [0.15, 0.2) is 0 Å². The zero-order valence-corrected chi connectivity index (χ0v) is 15.6. The molecular weight excluding hydrogens is 328 g/mol. The highest BCUT2D eigenvalue weighted by atomic mass is 16.5. The fraction of sp³-hybridized carbons (Fsp3) is 0.333. The highest BCUT2D eigenvalue weighted by Crippen LogP contribution is 2.28. The minimum absolute atomic E-state index is 0.00556. The predicted molar refractivity (Wildman–Crippen MR) is 103 cm³/mol. The van der Waals surface area contributed by atoms with Gasteiger partial charge in [-0.15, -0.1) is 0 Å². The van der Waals surface area contributed by atoms with Crippen LogP contribution in [0.5, 0.6) is 5.75 Å². The summed E-state index contributed by atoms with van der Waals surface area (Å²) in [5.74, 6) is 0.528. The summed E-state index contributed by atoms with van der Waals surface area (Å²) in [6.07, 6.45) is 0.253. The lowest BCUT2D eigenvalue weighted by Gasteiger charge is -2.25. The number of benzene rings is 2. The maximum atomic E-state index is 12.5. The maximum Gasteiger partial charge on any atom is 0.224 e. The van der Waals surface area contributed by atoms with Crippen molar-refractivity contribution < 1.29 is 14.3 Å². The van der Waals surface area contributed by atoms with Crippen LogP contribution < -0.4 is 9.64 Å². The Kier molecular flexibility index (Phi) is 7.21. The maximum absolute atomic E-state index is 12.5. The molecule has 5 nitrogen and oxygen atoms in total. The second-order valence-corrected chi connectivity index (χ2v) is 6.06. The molecule has 0 bridgehead atoms. The standard InChI is InChI=1S/C21H26N2O3/c1-4-26-20-13-9-8-12-19(20)23(17(2)24)15-14-21(25)22(3)16-18-10-6-5-7-11-18/h5-13H,4,14-16H2,1-3H3. The lowest BCUT2D eigenvalue weighted by Crippen LogP contribution is -2.34. The summed E-state index contributed by atoms with van der Waals surface area (Å²) in [6, 6.07) is 17.2. The first-order valence-corrected chi connectivity index (χ1v) is 8.80. The van der Waals surface area contributed by atoms with Crippen LogP contribution in [-0.4, -0.2) is 36.9 Å². The third-order valence-electron chi connectivity index (χ3n) is 4.07. The smallest absolute Gasteiger partial charge is 0.224 e. The van der Waals surface area contributed by atoms with Crippen LogP contribution in [0.15, 0.2) is 54.6 Å². The molecule has 0 atom stereocenters. The molecule has 0 aliphatic carbocycles. The first-order valence-electron chi connectivity index (χ1n) is 8.80. The lowest BCUT2D eigenvalue weighted by molar-refractivity contribution is -0.130. The number of nitrogens with zero attached hydrogens (tertiary/aromatic N) is 2. The Morgan fingerprint density at radius 2 is 1.65 bits per heavy atom. The number of hydrogen-bond acceptors (Lipinski definition) is 3. The van der Waals surface area contributed by atoms with Gasteiger partial charge in [-0.1, -0.05) is 42.5 Å². The quantitative estimate of drug-likeness (QED) is 0.729. The van der Waals surface area contributed by atoms with E-state index in [0.717, 1.165) is 5.56 Å². The van der Waals surface area contributed by atoms with Gasteiger partial charge in [0.05, 0.1) is 12.3 Å². The molecule has 0 aliphatic heterocycles. The highest BCUT2D eigenvalue weighted by molar-refractivity contribution is 5.93. The van der Waals surface area contributed by atoms with Gasteiger partial charge in [0.1, 0.15) is 5.75 Å². The zero-order chi connectivity index (χ0) is 18.9. The summed E-state index contributed by atoms with van der Waals surface area (Å²) >= 11 is 0. The molecule has 0 spiro atoms. The molecule has 138 valence electrons. The molecule has 0 unspecified atom stereocenters. The second-order valence-electron chi connectivity index (χ2n) is 6.06. The van der Waals surface area contributed by atoms with Crippen LogP contribution in [0.4, 0.5) is 5.69 Å². The van der Waals surface area contributed by atoms with Crippen LogP contribution in [0.2, 0.25) is 0 Å². The van der Waals surface area contributed by atoms with E-state index in [0.29, 0.717) is 31.1 Å². The first-order chi connectivity index (χ1) is 12.5. The van der Waals surface area contributed by atoms with Crippen molar-refractivity contribution in [3.63, 3.8) is 0 Å². The molecule has 2 aromatic carbocycles. The Balaban J connectivity index is 2.02. The normalized spacial score (nSPS) is 10.3. The van der Waals surface area contributed by atoms with E-state index in [1.54, 1.807) is 16.8 Å². The average Bonchev–Trinajstić information content (AvgIpc) is 2.63. The first kappa shape index (κ1) is 19.5. The summed E-state index contributed by atoms with van der Waals surface area (Å²) in [7, 11) is 1.78. The Morgan fingerprint density at radius 1 is 1.00 bits per heavy atom. The number of carbonyl (C=O) groups is 2. The van der Waals surface area contributed by atoms with Crippen molar-refractivity contribution in [1.29, 1.82) is 0 Å². The summed E-state index contributed by atoms with van der Waals surface area (Å²) in [6.45, 7) is 4.78. The molecule has 0 saturated heterocycles. The van der Waals surface area contributed by atoms with Crippen molar-refractivity contribution in [2.75, 3.05) is 25.1 Å². The molecular formula is C21H26N2O3. The Labute approximate surface area is 155 Å². The molecule has 0 fully saturated rings. The Bertz CT molecular complexity index is 731. The van der Waals surface area contributed by atoms with E-state index >= 15 is 0 Å². The fourth-order valence-corrected chi connectivity index (χ4v) is 2.75. The van der Waals surface area contributed by atoms with Gasteiger partial charge in [0.2, 0.25) is 11.8 Å². The van der Waals surface area contributed by atoms with E-state index in [1.807, 2.05) is 61.5 Å².